The highest BCUT2D eigenvalue weighted by molar-refractivity contribution is 5.96. The van der Waals surface area contributed by atoms with Crippen LogP contribution in [0.5, 0.6) is 0 Å². The molecule has 3 fully saturated rings. The predicted molar refractivity (Wildman–Crippen MR) is 107 cm³/mol. The zero-order chi connectivity index (χ0) is 25.3. The van der Waals surface area contributed by atoms with Crippen LogP contribution in [0, 0.1) is 28.8 Å². The van der Waals surface area contributed by atoms with Gasteiger partial charge in [0.05, 0.1) is 16.6 Å². The smallest absolute Gasteiger partial charge is 0.346 e. The van der Waals surface area contributed by atoms with Gasteiger partial charge in [-0.25, -0.2) is 28.1 Å². The molecule has 6 rings (SSSR count). The zero-order valence-electron chi connectivity index (χ0n) is 17.7. The summed E-state index contributed by atoms with van der Waals surface area (Å²) in [5.74, 6) is -8.73. The third-order valence-electron chi connectivity index (χ3n) is 6.93. The minimum absolute atomic E-state index is 0.131. The van der Waals surface area contributed by atoms with Crippen molar-refractivity contribution in [2.75, 3.05) is 0 Å². The van der Waals surface area contributed by atoms with E-state index in [1.807, 2.05) is 0 Å². The van der Waals surface area contributed by atoms with E-state index < -0.39 is 63.1 Å². The molecule has 3 N–H and O–H groups in total. The highest BCUT2D eigenvalue weighted by Gasteiger charge is 2.60. The number of amides is 1. The third kappa shape index (κ3) is 3.47. The lowest BCUT2D eigenvalue weighted by molar-refractivity contribution is -0.137. The number of benzene rings is 2. The summed E-state index contributed by atoms with van der Waals surface area (Å²) in [7, 11) is 0. The van der Waals surface area contributed by atoms with Gasteiger partial charge in [-0.15, -0.1) is 0 Å². The van der Waals surface area contributed by atoms with Crippen LogP contribution in [0.25, 0.3) is 11.0 Å². The average Bonchev–Trinajstić information content (AvgIpc) is 3.21. The Labute approximate surface area is 192 Å². The number of hydrogen-bond donors (Lipinski definition) is 3. The van der Waals surface area contributed by atoms with Crippen LogP contribution in [0.3, 0.4) is 0 Å². The summed E-state index contributed by atoms with van der Waals surface area (Å²) in [6, 6.07) is 3.15. The predicted octanol–water partition coefficient (Wildman–Crippen LogP) is 6.18. The summed E-state index contributed by atoms with van der Waals surface area (Å²) in [5.41, 5.74) is 1.90. The van der Waals surface area contributed by atoms with Gasteiger partial charge in [0.1, 0.15) is 11.4 Å². The van der Waals surface area contributed by atoms with Gasteiger partial charge in [-0.1, -0.05) is 6.42 Å². The van der Waals surface area contributed by atoms with E-state index in [-0.39, 0.29) is 18.4 Å². The van der Waals surface area contributed by atoms with Crippen molar-refractivity contribution in [3.63, 3.8) is 0 Å². The minimum atomic E-state index is -4.53. The fourth-order valence-corrected chi connectivity index (χ4v) is 5.45. The normalized spacial score (nSPS) is 23.7. The van der Waals surface area contributed by atoms with Crippen molar-refractivity contribution in [2.24, 2.45) is 5.11 Å². The van der Waals surface area contributed by atoms with Crippen LogP contribution in [-0.4, -0.2) is 21.4 Å². The molecule has 0 aliphatic heterocycles. The molecule has 2 aromatic carbocycles. The summed E-state index contributed by atoms with van der Waals surface area (Å²) in [4.78, 5) is 20.0. The Balaban J connectivity index is 1.42. The molecule has 35 heavy (non-hydrogen) atoms. The molecule has 3 aliphatic rings. The average molecular weight is 499 g/mol. The van der Waals surface area contributed by atoms with Gasteiger partial charge in [0.2, 0.25) is 0 Å². The standard InChI is InChI=1S/C22H16F7N5O/c23-13-12(14(24)16(26)17(34-30)15(13)25)18(35)33-21-5-1-4-20(7-21,8-21)19-31-10-3-2-9(22(27,28)29)6-11(10)32-19/h2-3,6,30H,1,4-5,7-8H2,(H,31,32)(H,33,35). The second-order valence-corrected chi connectivity index (χ2v) is 9.13. The van der Waals surface area contributed by atoms with E-state index in [0.717, 1.165) is 12.1 Å². The molecule has 1 aromatic heterocycles. The molecule has 3 aliphatic carbocycles. The first-order valence-electron chi connectivity index (χ1n) is 10.5. The Bertz CT molecular complexity index is 1360. The molecule has 0 atom stereocenters. The van der Waals surface area contributed by atoms with Crippen LogP contribution in [-0.2, 0) is 11.6 Å². The van der Waals surface area contributed by atoms with Gasteiger partial charge in [-0.2, -0.15) is 18.3 Å². The Hall–Kier alpha value is -3.51. The van der Waals surface area contributed by atoms with Crippen molar-refractivity contribution in [3.8, 4) is 0 Å². The van der Waals surface area contributed by atoms with Gasteiger partial charge in [0.15, 0.2) is 29.0 Å². The minimum Gasteiger partial charge on any atom is -0.346 e. The lowest BCUT2D eigenvalue weighted by Gasteiger charge is -2.60. The number of H-pyrrole nitrogens is 1. The number of halogens is 7. The van der Waals surface area contributed by atoms with Crippen molar-refractivity contribution in [1.29, 1.82) is 5.53 Å². The quantitative estimate of drug-likeness (QED) is 0.227. The topological polar surface area (TPSA) is 94.0 Å². The van der Waals surface area contributed by atoms with Crippen LogP contribution >= 0.6 is 0 Å². The van der Waals surface area contributed by atoms with Gasteiger partial charge in [-0.05, 0) is 43.9 Å². The molecule has 0 saturated heterocycles. The lowest BCUT2D eigenvalue weighted by atomic mass is 9.49. The Morgan fingerprint density at radius 1 is 1.06 bits per heavy atom. The molecular formula is C22H16F7N5O. The van der Waals surface area contributed by atoms with Crippen LogP contribution in [0.4, 0.5) is 36.4 Å². The number of nitrogens with one attached hydrogen (secondary N) is 3. The molecule has 0 spiro atoms. The van der Waals surface area contributed by atoms with Crippen molar-refractivity contribution in [3.05, 3.63) is 58.4 Å². The fraction of sp³-hybridized carbons (Fsp3) is 0.364. The fourth-order valence-electron chi connectivity index (χ4n) is 5.45. The third-order valence-corrected chi connectivity index (χ3v) is 6.93. The van der Waals surface area contributed by atoms with E-state index >= 15 is 0 Å². The number of carbonyl (C=O) groups excluding carboxylic acids is 1. The Kier molecular flexibility index (Phi) is 4.98. The van der Waals surface area contributed by atoms with E-state index in [0.29, 0.717) is 30.6 Å². The lowest BCUT2D eigenvalue weighted by Crippen LogP contribution is -2.66. The molecule has 3 aromatic rings. The molecule has 6 nitrogen and oxygen atoms in total. The maximum Gasteiger partial charge on any atom is 0.416 e. The van der Waals surface area contributed by atoms with Crippen LogP contribution in [0.2, 0.25) is 0 Å². The number of alkyl halides is 3. The maximum absolute atomic E-state index is 14.3. The van der Waals surface area contributed by atoms with E-state index in [1.54, 1.807) is 0 Å². The number of carbonyl (C=O) groups is 1. The molecule has 2 bridgehead atoms. The van der Waals surface area contributed by atoms with Gasteiger partial charge in [0.25, 0.3) is 5.91 Å². The summed E-state index contributed by atoms with van der Waals surface area (Å²) in [6.45, 7) is 0. The number of nitrogens with zero attached hydrogens (tertiary/aromatic N) is 2. The van der Waals surface area contributed by atoms with Gasteiger partial charge in [-0.3, -0.25) is 4.79 Å². The summed E-state index contributed by atoms with van der Waals surface area (Å²) in [5, 5.41) is 4.91. The van der Waals surface area contributed by atoms with Gasteiger partial charge in [0, 0.05) is 11.0 Å². The molecule has 0 unspecified atom stereocenters. The highest BCUT2D eigenvalue weighted by Crippen LogP contribution is 2.59. The summed E-state index contributed by atoms with van der Waals surface area (Å²) >= 11 is 0. The number of fused-ring (bicyclic) bond motifs is 3. The number of aromatic amines is 1. The number of rotatable bonds is 4. The maximum atomic E-state index is 14.3. The SMILES string of the molecule is N=Nc1c(F)c(F)c(C(=O)NC23CCCC(c4nc5cc(C(F)(F)F)ccc5[nH]4)(C2)C3)c(F)c1F. The van der Waals surface area contributed by atoms with E-state index in [4.69, 9.17) is 5.53 Å². The van der Waals surface area contributed by atoms with E-state index in [1.165, 1.54) is 6.07 Å². The van der Waals surface area contributed by atoms with Crippen LogP contribution < -0.4 is 5.32 Å². The first-order chi connectivity index (χ1) is 16.4. The number of aromatic nitrogens is 2. The number of imidazole rings is 1. The summed E-state index contributed by atoms with van der Waals surface area (Å²) < 4.78 is 95.7. The summed E-state index contributed by atoms with van der Waals surface area (Å²) in [6.07, 6.45) is -2.38. The molecule has 184 valence electrons. The van der Waals surface area contributed by atoms with Crippen molar-refractivity contribution in [2.45, 2.75) is 49.2 Å². The first-order valence-corrected chi connectivity index (χ1v) is 10.5. The van der Waals surface area contributed by atoms with Crippen molar-refractivity contribution < 1.29 is 35.5 Å². The van der Waals surface area contributed by atoms with Gasteiger partial charge < -0.3 is 10.3 Å². The highest BCUT2D eigenvalue weighted by atomic mass is 19.4. The monoisotopic (exact) mass is 499 g/mol. The first kappa shape index (κ1) is 23.2. The van der Waals surface area contributed by atoms with Crippen molar-refractivity contribution >= 4 is 22.6 Å². The van der Waals surface area contributed by atoms with E-state index in [2.05, 4.69) is 20.4 Å². The molecule has 1 heterocycles. The van der Waals surface area contributed by atoms with Crippen LogP contribution in [0.15, 0.2) is 23.3 Å². The zero-order valence-corrected chi connectivity index (χ0v) is 17.7. The molecule has 3 saturated carbocycles. The molecular weight excluding hydrogens is 483 g/mol. The molecule has 1 amide bonds. The second-order valence-electron chi connectivity index (χ2n) is 9.13. The molecule has 0 radical (unpaired) electrons. The Morgan fingerprint density at radius 3 is 2.31 bits per heavy atom. The Morgan fingerprint density at radius 2 is 1.71 bits per heavy atom. The number of hydrogen-bond acceptors (Lipinski definition) is 4. The largest absolute Gasteiger partial charge is 0.416 e. The molecule has 13 heteroatoms. The van der Waals surface area contributed by atoms with Crippen LogP contribution in [0.1, 0.15) is 53.8 Å². The van der Waals surface area contributed by atoms with Gasteiger partial charge >= 0.3 is 6.18 Å². The second kappa shape index (κ2) is 7.49. The van der Waals surface area contributed by atoms with Crippen molar-refractivity contribution in [1.82, 2.24) is 15.3 Å². The van der Waals surface area contributed by atoms with E-state index in [9.17, 15) is 35.5 Å².